The average molecular weight is 365 g/mol. The first-order valence-electron chi connectivity index (χ1n) is 8.17. The van der Waals surface area contributed by atoms with Crippen LogP contribution in [0.4, 0.5) is 0 Å². The van der Waals surface area contributed by atoms with Crippen molar-refractivity contribution in [2.45, 2.75) is 44.4 Å². The molecule has 1 aliphatic rings. The Hall–Kier alpha value is -1.96. The number of hydrogen-bond acceptors (Lipinski definition) is 6. The molecule has 2 aromatic rings. The van der Waals surface area contributed by atoms with E-state index in [0.717, 1.165) is 12.8 Å². The van der Waals surface area contributed by atoms with Crippen LogP contribution in [-0.2, 0) is 10.3 Å². The minimum absolute atomic E-state index is 0.0240. The molecule has 3 N–H and O–H groups in total. The van der Waals surface area contributed by atoms with Crippen LogP contribution >= 0.6 is 11.6 Å². The Morgan fingerprint density at radius 1 is 1.44 bits per heavy atom. The molecule has 2 heterocycles. The largest absolute Gasteiger partial charge is 0.364 e. The van der Waals surface area contributed by atoms with Gasteiger partial charge >= 0.3 is 0 Å². The highest BCUT2D eigenvalue weighted by atomic mass is 35.5. The first kappa shape index (κ1) is 17.8. The van der Waals surface area contributed by atoms with Gasteiger partial charge in [-0.1, -0.05) is 22.8 Å². The van der Waals surface area contributed by atoms with E-state index in [1.807, 2.05) is 13.8 Å². The van der Waals surface area contributed by atoms with Crippen molar-refractivity contribution < 1.29 is 14.1 Å². The van der Waals surface area contributed by atoms with Crippen molar-refractivity contribution in [3.05, 3.63) is 46.6 Å². The number of nitrogens with two attached hydrogens (primary N) is 1. The van der Waals surface area contributed by atoms with Crippen LogP contribution < -0.4 is 11.1 Å². The maximum absolute atomic E-state index is 12.4. The summed E-state index contributed by atoms with van der Waals surface area (Å²) in [5.41, 5.74) is 5.28. The molecule has 25 heavy (non-hydrogen) atoms. The lowest BCUT2D eigenvalue weighted by Crippen LogP contribution is -2.41. The van der Waals surface area contributed by atoms with E-state index in [1.165, 1.54) is 0 Å². The number of benzene rings is 1. The maximum atomic E-state index is 12.4. The van der Waals surface area contributed by atoms with E-state index < -0.39 is 5.54 Å². The molecule has 0 saturated carbocycles. The smallest absolute Gasteiger partial charge is 0.255 e. The third-order valence-electron chi connectivity index (χ3n) is 4.16. The zero-order valence-corrected chi connectivity index (χ0v) is 14.9. The quantitative estimate of drug-likeness (QED) is 0.845. The summed E-state index contributed by atoms with van der Waals surface area (Å²) in [5, 5.41) is 7.41. The lowest BCUT2D eigenvalue weighted by molar-refractivity contribution is 0.0307. The SMILES string of the molecule is CC(C)(NC(=O)c1cccc(Cl)c1)c1noc([C@@H]2CC[C@@H](CN)O2)n1. The molecule has 3 rings (SSSR count). The Morgan fingerprint density at radius 3 is 2.92 bits per heavy atom. The first-order valence-corrected chi connectivity index (χ1v) is 8.54. The normalized spacial score (nSPS) is 20.6. The number of halogens is 1. The molecule has 0 bridgehead atoms. The van der Waals surface area contributed by atoms with Gasteiger partial charge in [-0.3, -0.25) is 4.79 Å². The number of nitrogens with one attached hydrogen (secondary N) is 1. The highest BCUT2D eigenvalue weighted by molar-refractivity contribution is 6.30. The van der Waals surface area contributed by atoms with Crippen molar-refractivity contribution in [2.24, 2.45) is 5.73 Å². The molecule has 134 valence electrons. The molecule has 0 aliphatic carbocycles. The number of aromatic nitrogens is 2. The summed E-state index contributed by atoms with van der Waals surface area (Å²) in [5.74, 6) is 0.535. The molecule has 1 aliphatic heterocycles. The van der Waals surface area contributed by atoms with Crippen LogP contribution in [0.25, 0.3) is 0 Å². The van der Waals surface area contributed by atoms with Gasteiger partial charge in [0.2, 0.25) is 0 Å². The van der Waals surface area contributed by atoms with Gasteiger partial charge in [-0.15, -0.1) is 0 Å². The van der Waals surface area contributed by atoms with Gasteiger partial charge in [-0.05, 0) is 44.9 Å². The predicted molar refractivity (Wildman–Crippen MR) is 92.1 cm³/mol. The summed E-state index contributed by atoms with van der Waals surface area (Å²) < 4.78 is 11.1. The molecule has 2 atom stereocenters. The summed E-state index contributed by atoms with van der Waals surface area (Å²) >= 11 is 5.93. The Bertz CT molecular complexity index is 762. The van der Waals surface area contributed by atoms with Gasteiger partial charge in [0.15, 0.2) is 5.82 Å². The lowest BCUT2D eigenvalue weighted by atomic mass is 10.0. The van der Waals surface area contributed by atoms with E-state index in [9.17, 15) is 4.79 Å². The highest BCUT2D eigenvalue weighted by Crippen LogP contribution is 2.32. The van der Waals surface area contributed by atoms with Gasteiger partial charge in [0, 0.05) is 17.1 Å². The van der Waals surface area contributed by atoms with Gasteiger partial charge < -0.3 is 20.3 Å². The van der Waals surface area contributed by atoms with Crippen molar-refractivity contribution in [3.8, 4) is 0 Å². The summed E-state index contributed by atoms with van der Waals surface area (Å²) in [7, 11) is 0. The van der Waals surface area contributed by atoms with Gasteiger partial charge in [-0.2, -0.15) is 4.98 Å². The summed E-state index contributed by atoms with van der Waals surface area (Å²) in [4.78, 5) is 16.8. The molecule has 7 nitrogen and oxygen atoms in total. The third-order valence-corrected chi connectivity index (χ3v) is 4.39. The Morgan fingerprint density at radius 2 is 2.24 bits per heavy atom. The average Bonchev–Trinajstić information content (AvgIpc) is 3.23. The Kier molecular flexibility index (Phi) is 5.08. The molecule has 1 amide bonds. The number of nitrogens with zero attached hydrogens (tertiary/aromatic N) is 2. The van der Waals surface area contributed by atoms with Crippen molar-refractivity contribution >= 4 is 17.5 Å². The van der Waals surface area contributed by atoms with E-state index in [-0.39, 0.29) is 18.1 Å². The van der Waals surface area contributed by atoms with Crippen molar-refractivity contribution in [1.29, 1.82) is 0 Å². The molecular weight excluding hydrogens is 344 g/mol. The molecular formula is C17H21ClN4O3. The zero-order chi connectivity index (χ0) is 18.0. The molecule has 1 saturated heterocycles. The maximum Gasteiger partial charge on any atom is 0.255 e. The van der Waals surface area contributed by atoms with Gasteiger partial charge in [0.25, 0.3) is 11.8 Å². The van der Waals surface area contributed by atoms with E-state index in [2.05, 4.69) is 15.5 Å². The molecule has 0 unspecified atom stereocenters. The fraction of sp³-hybridized carbons (Fsp3) is 0.471. The number of carbonyl (C=O) groups is 1. The van der Waals surface area contributed by atoms with Gasteiger partial charge in [-0.25, -0.2) is 0 Å². The topological polar surface area (TPSA) is 103 Å². The second-order valence-electron chi connectivity index (χ2n) is 6.61. The van der Waals surface area contributed by atoms with Crippen LogP contribution in [0, 0.1) is 0 Å². The first-order chi connectivity index (χ1) is 11.9. The summed E-state index contributed by atoms with van der Waals surface area (Å²) in [6, 6.07) is 6.74. The van der Waals surface area contributed by atoms with E-state index in [1.54, 1.807) is 24.3 Å². The van der Waals surface area contributed by atoms with Gasteiger partial charge in [0.05, 0.1) is 11.6 Å². The van der Waals surface area contributed by atoms with Crippen LogP contribution in [0.1, 0.15) is 54.9 Å². The summed E-state index contributed by atoms with van der Waals surface area (Å²) in [6.07, 6.45) is 1.44. The van der Waals surface area contributed by atoms with Crippen molar-refractivity contribution in [3.63, 3.8) is 0 Å². The standard InChI is InChI=1S/C17H21ClN4O3/c1-17(2,21-14(23)10-4-3-5-11(18)8-10)16-20-15(25-22-16)13-7-6-12(9-19)24-13/h3-5,8,12-13H,6-7,9,19H2,1-2H3,(H,21,23)/t12-,13-/m0/s1. The number of amides is 1. The Labute approximate surface area is 150 Å². The number of carbonyl (C=O) groups excluding carboxylic acids is 1. The van der Waals surface area contributed by atoms with Crippen molar-refractivity contribution in [2.75, 3.05) is 6.54 Å². The zero-order valence-electron chi connectivity index (χ0n) is 14.2. The van der Waals surface area contributed by atoms with Crippen molar-refractivity contribution in [1.82, 2.24) is 15.5 Å². The minimum Gasteiger partial charge on any atom is -0.364 e. The third kappa shape index (κ3) is 4.00. The second kappa shape index (κ2) is 7.11. The minimum atomic E-state index is -0.812. The molecule has 1 aromatic heterocycles. The van der Waals surface area contributed by atoms with Crippen LogP contribution in [0.2, 0.25) is 5.02 Å². The molecule has 1 aromatic carbocycles. The van der Waals surface area contributed by atoms with Gasteiger partial charge in [0.1, 0.15) is 6.10 Å². The fourth-order valence-electron chi connectivity index (χ4n) is 2.72. The van der Waals surface area contributed by atoms with Crippen LogP contribution in [0.15, 0.2) is 28.8 Å². The summed E-state index contributed by atoms with van der Waals surface area (Å²) in [6.45, 7) is 4.09. The molecule has 0 radical (unpaired) electrons. The number of hydrogen-bond donors (Lipinski definition) is 2. The molecule has 8 heteroatoms. The van der Waals surface area contributed by atoms with E-state index >= 15 is 0 Å². The van der Waals surface area contributed by atoms with E-state index in [0.29, 0.717) is 28.8 Å². The lowest BCUT2D eigenvalue weighted by Gasteiger charge is -2.22. The van der Waals surface area contributed by atoms with Crippen LogP contribution in [-0.4, -0.2) is 28.7 Å². The molecule has 1 fully saturated rings. The number of rotatable bonds is 5. The fourth-order valence-corrected chi connectivity index (χ4v) is 2.91. The molecule has 0 spiro atoms. The highest BCUT2D eigenvalue weighted by Gasteiger charge is 2.34. The van der Waals surface area contributed by atoms with E-state index in [4.69, 9.17) is 26.6 Å². The predicted octanol–water partition coefficient (Wildman–Crippen LogP) is 2.57. The number of ether oxygens (including phenoxy) is 1. The second-order valence-corrected chi connectivity index (χ2v) is 7.04. The Balaban J connectivity index is 1.71. The van der Waals surface area contributed by atoms with Crippen LogP contribution in [0.3, 0.4) is 0 Å². The van der Waals surface area contributed by atoms with Crippen LogP contribution in [0.5, 0.6) is 0 Å². The monoisotopic (exact) mass is 364 g/mol.